The quantitative estimate of drug-likeness (QED) is 0.645. The molecular formula is C9H13N3O. The number of allylic oxidation sites excluding steroid dienone is 2. The molecule has 0 saturated carbocycles. The summed E-state index contributed by atoms with van der Waals surface area (Å²) in [6.45, 7) is 1.99. The van der Waals surface area contributed by atoms with Crippen molar-refractivity contribution in [1.29, 1.82) is 0 Å². The maximum Gasteiger partial charge on any atom is 0.162 e. The Morgan fingerprint density at radius 2 is 2.46 bits per heavy atom. The van der Waals surface area contributed by atoms with E-state index in [0.29, 0.717) is 12.2 Å². The van der Waals surface area contributed by atoms with E-state index in [0.717, 1.165) is 6.42 Å². The van der Waals surface area contributed by atoms with Gasteiger partial charge in [-0.1, -0.05) is 13.0 Å². The van der Waals surface area contributed by atoms with Crippen molar-refractivity contribution in [3.8, 4) is 0 Å². The lowest BCUT2D eigenvalue weighted by Gasteiger charge is -1.95. The van der Waals surface area contributed by atoms with Crippen molar-refractivity contribution in [3.63, 3.8) is 0 Å². The highest BCUT2D eigenvalue weighted by atomic mass is 16.1. The number of hydrogen-bond donors (Lipinski definition) is 0. The molecule has 0 N–H and O–H groups in total. The summed E-state index contributed by atoms with van der Waals surface area (Å²) in [4.78, 5) is 15.2. The molecule has 0 aliphatic carbocycles. The summed E-state index contributed by atoms with van der Waals surface area (Å²) < 4.78 is 1.61. The first-order valence-corrected chi connectivity index (χ1v) is 4.26. The molecule has 0 aromatic carbocycles. The molecule has 0 bridgehead atoms. The van der Waals surface area contributed by atoms with Crippen LogP contribution in [0.2, 0.25) is 0 Å². The Morgan fingerprint density at radius 1 is 1.69 bits per heavy atom. The van der Waals surface area contributed by atoms with E-state index >= 15 is 0 Å². The standard InChI is InChI=1S/C9H13N3O/c1-3-4-5-8(13)6-9-10-7-11-12(9)2/h4-5,7H,3,6H2,1-2H3/b5-4+. The first-order valence-electron chi connectivity index (χ1n) is 4.26. The predicted octanol–water partition coefficient (Wildman–Crippen LogP) is 0.893. The Morgan fingerprint density at radius 3 is 3.00 bits per heavy atom. The Hall–Kier alpha value is -1.45. The van der Waals surface area contributed by atoms with Crippen molar-refractivity contribution in [2.75, 3.05) is 0 Å². The van der Waals surface area contributed by atoms with E-state index in [2.05, 4.69) is 10.1 Å². The van der Waals surface area contributed by atoms with Gasteiger partial charge in [-0.25, -0.2) is 4.98 Å². The van der Waals surface area contributed by atoms with Crippen molar-refractivity contribution in [3.05, 3.63) is 24.3 Å². The van der Waals surface area contributed by atoms with Gasteiger partial charge in [0.15, 0.2) is 5.78 Å². The van der Waals surface area contributed by atoms with E-state index in [9.17, 15) is 4.79 Å². The van der Waals surface area contributed by atoms with Crippen LogP contribution < -0.4 is 0 Å². The fraction of sp³-hybridized carbons (Fsp3) is 0.444. The predicted molar refractivity (Wildman–Crippen MR) is 49.1 cm³/mol. The van der Waals surface area contributed by atoms with E-state index < -0.39 is 0 Å². The topological polar surface area (TPSA) is 47.8 Å². The summed E-state index contributed by atoms with van der Waals surface area (Å²) in [5.41, 5.74) is 0. The van der Waals surface area contributed by atoms with Crippen LogP contribution >= 0.6 is 0 Å². The average molecular weight is 179 g/mol. The minimum absolute atomic E-state index is 0.0675. The molecule has 0 saturated heterocycles. The third-order valence-corrected chi connectivity index (χ3v) is 1.68. The average Bonchev–Trinajstić information content (AvgIpc) is 2.48. The molecule has 0 atom stereocenters. The van der Waals surface area contributed by atoms with Crippen LogP contribution in [-0.4, -0.2) is 20.5 Å². The van der Waals surface area contributed by atoms with Crippen LogP contribution in [0.25, 0.3) is 0 Å². The lowest BCUT2D eigenvalue weighted by atomic mass is 10.2. The fourth-order valence-corrected chi connectivity index (χ4v) is 0.944. The van der Waals surface area contributed by atoms with Crippen LogP contribution in [0, 0.1) is 0 Å². The zero-order valence-corrected chi connectivity index (χ0v) is 7.90. The van der Waals surface area contributed by atoms with Gasteiger partial charge in [0.05, 0.1) is 6.42 Å². The van der Waals surface area contributed by atoms with Crippen LogP contribution in [0.3, 0.4) is 0 Å². The normalized spacial score (nSPS) is 10.9. The summed E-state index contributed by atoms with van der Waals surface area (Å²) in [6.07, 6.45) is 6.09. The number of hydrogen-bond acceptors (Lipinski definition) is 3. The monoisotopic (exact) mass is 179 g/mol. The summed E-state index contributed by atoms with van der Waals surface area (Å²) in [7, 11) is 1.78. The molecule has 1 aromatic rings. The molecule has 0 unspecified atom stereocenters. The molecule has 1 rings (SSSR count). The molecule has 0 aliphatic rings. The lowest BCUT2D eigenvalue weighted by Crippen LogP contribution is -2.06. The van der Waals surface area contributed by atoms with Gasteiger partial charge < -0.3 is 0 Å². The highest BCUT2D eigenvalue weighted by Gasteiger charge is 2.04. The van der Waals surface area contributed by atoms with Crippen molar-refractivity contribution in [2.24, 2.45) is 7.05 Å². The Labute approximate surface area is 77.3 Å². The number of nitrogens with zero attached hydrogens (tertiary/aromatic N) is 3. The van der Waals surface area contributed by atoms with Gasteiger partial charge in [0.25, 0.3) is 0 Å². The highest BCUT2D eigenvalue weighted by molar-refractivity contribution is 5.90. The largest absolute Gasteiger partial charge is 0.294 e. The second-order valence-electron chi connectivity index (χ2n) is 2.75. The fourth-order valence-electron chi connectivity index (χ4n) is 0.944. The zero-order valence-electron chi connectivity index (χ0n) is 7.90. The number of ketones is 1. The molecule has 70 valence electrons. The molecule has 0 fully saturated rings. The summed E-state index contributed by atoms with van der Waals surface area (Å²) in [5.74, 6) is 0.767. The van der Waals surface area contributed by atoms with Gasteiger partial charge in [-0.2, -0.15) is 5.10 Å². The number of aryl methyl sites for hydroxylation is 1. The molecule has 0 spiro atoms. The first-order chi connectivity index (χ1) is 6.24. The minimum atomic E-state index is 0.0675. The van der Waals surface area contributed by atoms with Crippen molar-refractivity contribution in [2.45, 2.75) is 19.8 Å². The van der Waals surface area contributed by atoms with Gasteiger partial charge in [0.1, 0.15) is 12.2 Å². The third kappa shape index (κ3) is 2.82. The third-order valence-electron chi connectivity index (χ3n) is 1.68. The second-order valence-corrected chi connectivity index (χ2v) is 2.75. The molecule has 4 heteroatoms. The number of carbonyl (C=O) groups is 1. The van der Waals surface area contributed by atoms with Crippen molar-refractivity contribution < 1.29 is 4.79 Å². The molecule has 0 amide bonds. The number of aromatic nitrogens is 3. The SMILES string of the molecule is CC/C=C/C(=O)Cc1ncnn1C. The van der Waals surface area contributed by atoms with Gasteiger partial charge in [-0.3, -0.25) is 9.48 Å². The number of carbonyl (C=O) groups excluding carboxylic acids is 1. The van der Waals surface area contributed by atoms with E-state index in [1.54, 1.807) is 17.8 Å². The molecule has 4 nitrogen and oxygen atoms in total. The lowest BCUT2D eigenvalue weighted by molar-refractivity contribution is -0.114. The smallest absolute Gasteiger partial charge is 0.162 e. The van der Waals surface area contributed by atoms with Crippen LogP contribution in [0.1, 0.15) is 19.2 Å². The highest BCUT2D eigenvalue weighted by Crippen LogP contribution is 1.94. The van der Waals surface area contributed by atoms with Gasteiger partial charge in [-0.05, 0) is 12.5 Å². The Kier molecular flexibility index (Phi) is 3.37. The maximum absolute atomic E-state index is 11.3. The zero-order chi connectivity index (χ0) is 9.68. The van der Waals surface area contributed by atoms with E-state index in [1.807, 2.05) is 13.0 Å². The van der Waals surface area contributed by atoms with E-state index in [4.69, 9.17) is 0 Å². The van der Waals surface area contributed by atoms with Gasteiger partial charge >= 0.3 is 0 Å². The Balaban J connectivity index is 2.55. The van der Waals surface area contributed by atoms with E-state index in [1.165, 1.54) is 6.33 Å². The van der Waals surface area contributed by atoms with Crippen LogP contribution in [-0.2, 0) is 18.3 Å². The van der Waals surface area contributed by atoms with Crippen LogP contribution in [0.4, 0.5) is 0 Å². The van der Waals surface area contributed by atoms with Gasteiger partial charge in [0.2, 0.25) is 0 Å². The molecule has 1 aromatic heterocycles. The molecule has 1 heterocycles. The molecular weight excluding hydrogens is 166 g/mol. The second kappa shape index (κ2) is 4.54. The summed E-state index contributed by atoms with van der Waals surface area (Å²) in [6, 6.07) is 0. The van der Waals surface area contributed by atoms with Crippen molar-refractivity contribution in [1.82, 2.24) is 14.8 Å². The molecule has 0 aliphatic heterocycles. The van der Waals surface area contributed by atoms with Gasteiger partial charge in [0, 0.05) is 7.05 Å². The van der Waals surface area contributed by atoms with Gasteiger partial charge in [-0.15, -0.1) is 0 Å². The van der Waals surface area contributed by atoms with Crippen LogP contribution in [0.5, 0.6) is 0 Å². The first kappa shape index (κ1) is 9.64. The molecule has 13 heavy (non-hydrogen) atoms. The number of rotatable bonds is 4. The minimum Gasteiger partial charge on any atom is -0.294 e. The van der Waals surface area contributed by atoms with Crippen molar-refractivity contribution >= 4 is 5.78 Å². The maximum atomic E-state index is 11.3. The van der Waals surface area contributed by atoms with E-state index in [-0.39, 0.29) is 5.78 Å². The molecule has 0 radical (unpaired) electrons. The summed E-state index contributed by atoms with van der Waals surface area (Å²) >= 11 is 0. The summed E-state index contributed by atoms with van der Waals surface area (Å²) in [5, 5.41) is 3.88. The van der Waals surface area contributed by atoms with Crippen LogP contribution in [0.15, 0.2) is 18.5 Å². The Bertz CT molecular complexity index is 314.